The van der Waals surface area contributed by atoms with Gasteiger partial charge in [0.1, 0.15) is 5.75 Å². The first-order chi connectivity index (χ1) is 12.5. The molecule has 0 saturated carbocycles. The molecule has 1 aromatic carbocycles. The molecule has 1 aromatic heterocycles. The summed E-state index contributed by atoms with van der Waals surface area (Å²) in [6.07, 6.45) is 2.08. The molecule has 1 atom stereocenters. The molecule has 0 bridgehead atoms. The molecule has 1 unspecified atom stereocenters. The summed E-state index contributed by atoms with van der Waals surface area (Å²) in [4.78, 5) is 27.5. The molecule has 1 aliphatic rings. The van der Waals surface area contributed by atoms with Gasteiger partial charge in [-0.2, -0.15) is 4.98 Å². The van der Waals surface area contributed by atoms with E-state index in [0.29, 0.717) is 30.8 Å². The van der Waals surface area contributed by atoms with Crippen molar-refractivity contribution in [3.05, 3.63) is 35.5 Å². The van der Waals surface area contributed by atoms with Crippen LogP contribution in [0.1, 0.15) is 50.1 Å². The summed E-state index contributed by atoms with van der Waals surface area (Å²) in [5, 5.41) is 6.63. The first kappa shape index (κ1) is 17.9. The Bertz CT molecular complexity index is 802. The van der Waals surface area contributed by atoms with Crippen LogP contribution in [0.4, 0.5) is 5.69 Å². The lowest BCUT2D eigenvalue weighted by molar-refractivity contribution is -0.152. The third-order valence-electron chi connectivity index (χ3n) is 3.94. The number of aryl methyl sites for hydroxylation is 2. The van der Waals surface area contributed by atoms with Crippen molar-refractivity contribution in [2.24, 2.45) is 0 Å². The highest BCUT2D eigenvalue weighted by molar-refractivity contribution is 5.94. The Hall–Kier alpha value is -2.90. The monoisotopic (exact) mass is 359 g/mol. The van der Waals surface area contributed by atoms with Gasteiger partial charge in [-0.05, 0) is 43.5 Å². The average molecular weight is 359 g/mol. The minimum absolute atomic E-state index is 0.00635. The van der Waals surface area contributed by atoms with E-state index in [1.54, 1.807) is 19.1 Å². The minimum atomic E-state index is -0.636. The van der Waals surface area contributed by atoms with Crippen LogP contribution in [0.2, 0.25) is 0 Å². The maximum Gasteiger partial charge on any atom is 0.344 e. The quantitative estimate of drug-likeness (QED) is 0.758. The maximum absolute atomic E-state index is 12.0. The van der Waals surface area contributed by atoms with Gasteiger partial charge in [-0.3, -0.25) is 4.79 Å². The van der Waals surface area contributed by atoms with E-state index >= 15 is 0 Å². The van der Waals surface area contributed by atoms with E-state index in [4.69, 9.17) is 14.0 Å². The molecular formula is C18H21N3O5. The van der Waals surface area contributed by atoms with Crippen LogP contribution in [-0.4, -0.2) is 28.6 Å². The van der Waals surface area contributed by atoms with Gasteiger partial charge < -0.3 is 19.3 Å². The number of hydrogen-bond donors (Lipinski definition) is 1. The predicted octanol–water partition coefficient (Wildman–Crippen LogP) is 2.59. The van der Waals surface area contributed by atoms with E-state index in [1.165, 1.54) is 0 Å². The second-order valence-electron chi connectivity index (χ2n) is 6.09. The lowest BCUT2D eigenvalue weighted by Crippen LogP contribution is -2.19. The number of ether oxygens (including phenoxy) is 2. The van der Waals surface area contributed by atoms with E-state index in [-0.39, 0.29) is 18.4 Å². The fourth-order valence-electron chi connectivity index (χ4n) is 2.63. The van der Waals surface area contributed by atoms with Gasteiger partial charge in [0.15, 0.2) is 18.5 Å². The standard InChI is InChI=1S/C18H21N3O5/c1-3-4-15-20-18(26-21-15)11(2)25-17(23)10-24-13-6-7-14-12(9-13)5-8-16(22)19-14/h6-7,9,11H,3-5,8,10H2,1-2H3,(H,19,22). The lowest BCUT2D eigenvalue weighted by Gasteiger charge is -2.17. The molecule has 8 nitrogen and oxygen atoms in total. The van der Waals surface area contributed by atoms with Gasteiger partial charge in [-0.25, -0.2) is 4.79 Å². The molecule has 0 radical (unpaired) electrons. The van der Waals surface area contributed by atoms with Crippen molar-refractivity contribution in [3.63, 3.8) is 0 Å². The van der Waals surface area contributed by atoms with Crippen LogP contribution in [0.15, 0.2) is 22.7 Å². The predicted molar refractivity (Wildman–Crippen MR) is 91.7 cm³/mol. The fraction of sp³-hybridized carbons (Fsp3) is 0.444. The highest BCUT2D eigenvalue weighted by atomic mass is 16.6. The topological polar surface area (TPSA) is 104 Å². The number of amides is 1. The zero-order valence-corrected chi connectivity index (χ0v) is 14.8. The molecule has 0 saturated heterocycles. The summed E-state index contributed by atoms with van der Waals surface area (Å²) in [5.74, 6) is 0.896. The van der Waals surface area contributed by atoms with Crippen LogP contribution < -0.4 is 10.1 Å². The van der Waals surface area contributed by atoms with Crippen LogP contribution in [0, 0.1) is 0 Å². The second-order valence-corrected chi connectivity index (χ2v) is 6.09. The van der Waals surface area contributed by atoms with Crippen molar-refractivity contribution in [2.75, 3.05) is 11.9 Å². The van der Waals surface area contributed by atoms with E-state index in [1.807, 2.05) is 13.0 Å². The zero-order valence-electron chi connectivity index (χ0n) is 14.8. The van der Waals surface area contributed by atoms with Crippen molar-refractivity contribution in [3.8, 4) is 5.75 Å². The van der Waals surface area contributed by atoms with E-state index in [9.17, 15) is 9.59 Å². The molecule has 0 aliphatic carbocycles. The Morgan fingerprint density at radius 1 is 1.38 bits per heavy atom. The molecule has 26 heavy (non-hydrogen) atoms. The number of fused-ring (bicyclic) bond motifs is 1. The van der Waals surface area contributed by atoms with Crippen LogP contribution >= 0.6 is 0 Å². The van der Waals surface area contributed by atoms with Gasteiger partial charge >= 0.3 is 5.97 Å². The first-order valence-electron chi connectivity index (χ1n) is 8.62. The first-order valence-corrected chi connectivity index (χ1v) is 8.62. The van der Waals surface area contributed by atoms with Gasteiger partial charge in [0.05, 0.1) is 0 Å². The average Bonchev–Trinajstić information content (AvgIpc) is 3.09. The number of nitrogens with one attached hydrogen (secondary N) is 1. The Morgan fingerprint density at radius 3 is 3.04 bits per heavy atom. The fourth-order valence-corrected chi connectivity index (χ4v) is 2.63. The Kier molecular flexibility index (Phi) is 5.50. The van der Waals surface area contributed by atoms with Crippen molar-refractivity contribution in [1.82, 2.24) is 10.1 Å². The van der Waals surface area contributed by atoms with E-state index in [0.717, 1.165) is 17.7 Å². The van der Waals surface area contributed by atoms with E-state index in [2.05, 4.69) is 15.5 Å². The maximum atomic E-state index is 12.0. The molecule has 138 valence electrons. The molecule has 0 fully saturated rings. The number of anilines is 1. The number of esters is 1. The summed E-state index contributed by atoms with van der Waals surface area (Å²) in [7, 11) is 0. The van der Waals surface area contributed by atoms with Gasteiger partial charge in [-0.1, -0.05) is 12.1 Å². The number of aromatic nitrogens is 2. The Labute approximate surface area is 150 Å². The molecule has 1 aliphatic heterocycles. The van der Waals surface area contributed by atoms with Crippen molar-refractivity contribution in [1.29, 1.82) is 0 Å². The second kappa shape index (κ2) is 7.99. The highest BCUT2D eigenvalue weighted by Gasteiger charge is 2.19. The molecule has 1 amide bonds. The molecule has 8 heteroatoms. The van der Waals surface area contributed by atoms with Crippen LogP contribution in [0.5, 0.6) is 5.75 Å². The van der Waals surface area contributed by atoms with Crippen LogP contribution in [-0.2, 0) is 27.2 Å². The van der Waals surface area contributed by atoms with Gasteiger partial charge in [-0.15, -0.1) is 0 Å². The van der Waals surface area contributed by atoms with E-state index < -0.39 is 12.1 Å². The largest absolute Gasteiger partial charge is 0.482 e. The molecule has 0 spiro atoms. The zero-order chi connectivity index (χ0) is 18.5. The third kappa shape index (κ3) is 4.38. The molecule has 1 N–H and O–H groups in total. The summed E-state index contributed by atoms with van der Waals surface area (Å²) in [5.41, 5.74) is 1.77. The minimum Gasteiger partial charge on any atom is -0.482 e. The smallest absolute Gasteiger partial charge is 0.344 e. The van der Waals surface area contributed by atoms with Gasteiger partial charge in [0, 0.05) is 18.5 Å². The number of carbonyl (C=O) groups is 2. The summed E-state index contributed by atoms with van der Waals surface area (Å²) >= 11 is 0. The number of rotatable bonds is 7. The Balaban J connectivity index is 1.51. The number of benzene rings is 1. The van der Waals surface area contributed by atoms with Crippen molar-refractivity contribution in [2.45, 2.75) is 45.6 Å². The SMILES string of the molecule is CCCc1noc(C(C)OC(=O)COc2ccc3c(c2)CCC(=O)N3)n1. The molecular weight excluding hydrogens is 338 g/mol. The Morgan fingerprint density at radius 2 is 2.23 bits per heavy atom. The molecule has 2 aromatic rings. The summed E-state index contributed by atoms with van der Waals surface area (Å²) in [6, 6.07) is 5.29. The normalized spacial score (nSPS) is 14.3. The number of carbonyl (C=O) groups excluding carboxylic acids is 2. The van der Waals surface area contributed by atoms with Crippen molar-refractivity contribution < 1.29 is 23.6 Å². The van der Waals surface area contributed by atoms with Gasteiger partial charge in [0.25, 0.3) is 5.89 Å². The van der Waals surface area contributed by atoms with Crippen LogP contribution in [0.25, 0.3) is 0 Å². The number of hydrogen-bond acceptors (Lipinski definition) is 7. The number of nitrogens with zero attached hydrogens (tertiary/aromatic N) is 2. The van der Waals surface area contributed by atoms with Crippen LogP contribution in [0.3, 0.4) is 0 Å². The summed E-state index contributed by atoms with van der Waals surface area (Å²) in [6.45, 7) is 3.46. The van der Waals surface area contributed by atoms with Gasteiger partial charge in [0.2, 0.25) is 5.91 Å². The molecule has 3 rings (SSSR count). The molecule has 2 heterocycles. The lowest BCUT2D eigenvalue weighted by atomic mass is 10.0. The summed E-state index contributed by atoms with van der Waals surface area (Å²) < 4.78 is 15.8. The highest BCUT2D eigenvalue weighted by Crippen LogP contribution is 2.26. The van der Waals surface area contributed by atoms with Crippen molar-refractivity contribution >= 4 is 17.6 Å². The third-order valence-corrected chi connectivity index (χ3v) is 3.94.